The van der Waals surface area contributed by atoms with Crippen LogP contribution in [0.1, 0.15) is 13.3 Å². The summed E-state index contributed by atoms with van der Waals surface area (Å²) in [6.07, 6.45) is 1.24. The van der Waals surface area contributed by atoms with Gasteiger partial charge < -0.3 is 15.6 Å². The molecule has 10 heavy (non-hydrogen) atoms. The van der Waals surface area contributed by atoms with Crippen LogP contribution in [0.15, 0.2) is 0 Å². The number of nitrogens with two attached hydrogens (primary N) is 1. The van der Waals surface area contributed by atoms with E-state index in [1.54, 1.807) is 0 Å². The van der Waals surface area contributed by atoms with E-state index in [9.17, 15) is 0 Å². The van der Waals surface area contributed by atoms with Crippen LogP contribution in [-0.4, -0.2) is 30.5 Å². The Bertz CT molecular complexity index is 95.8. The third-order valence-corrected chi connectivity index (χ3v) is 2.05. The highest BCUT2D eigenvalue weighted by molar-refractivity contribution is 4.80. The molecular weight excluding hydrogens is 130 g/mol. The molecule has 0 saturated carbocycles. The Morgan fingerprint density at radius 2 is 2.40 bits per heavy atom. The summed E-state index contributed by atoms with van der Waals surface area (Å²) >= 11 is 0. The fourth-order valence-corrected chi connectivity index (χ4v) is 1.48. The second-order valence-electron chi connectivity index (χ2n) is 2.90. The molecule has 1 unspecified atom stereocenters. The van der Waals surface area contributed by atoms with Gasteiger partial charge in [-0.05, 0) is 19.9 Å². The van der Waals surface area contributed by atoms with Crippen LogP contribution in [0, 0.1) is 5.92 Å². The van der Waals surface area contributed by atoms with Gasteiger partial charge in [0.05, 0.1) is 18.8 Å². The second kappa shape index (κ2) is 3.32. The standard InChI is InChI=1S/C7H15NO2/c1-5-2-6(3-8)7(4-9)10-5/h5-7,9H,2-4,8H2,1H3/t5-,6?,7+/m0/s1. The number of rotatable bonds is 2. The van der Waals surface area contributed by atoms with Crippen molar-refractivity contribution in [2.45, 2.75) is 25.6 Å². The molecule has 1 aliphatic heterocycles. The van der Waals surface area contributed by atoms with Gasteiger partial charge in [0.2, 0.25) is 0 Å². The third kappa shape index (κ3) is 1.48. The summed E-state index contributed by atoms with van der Waals surface area (Å²) in [5.74, 6) is 0.361. The molecular formula is C7H15NO2. The Morgan fingerprint density at radius 1 is 1.70 bits per heavy atom. The predicted octanol–water partition coefficient (Wildman–Crippen LogP) is -0.269. The lowest BCUT2D eigenvalue weighted by atomic mass is 10.0. The Hall–Kier alpha value is -0.120. The first-order valence-electron chi connectivity index (χ1n) is 3.74. The maximum atomic E-state index is 8.80. The molecule has 1 rings (SSSR count). The van der Waals surface area contributed by atoms with Gasteiger partial charge in [0.25, 0.3) is 0 Å². The first-order valence-corrected chi connectivity index (χ1v) is 3.74. The minimum atomic E-state index is -0.0139. The first-order chi connectivity index (χ1) is 4.77. The molecule has 60 valence electrons. The Morgan fingerprint density at radius 3 is 2.80 bits per heavy atom. The van der Waals surface area contributed by atoms with Gasteiger partial charge in [-0.15, -0.1) is 0 Å². The van der Waals surface area contributed by atoms with Crippen LogP contribution in [0.4, 0.5) is 0 Å². The molecule has 0 aromatic rings. The molecule has 1 heterocycles. The van der Waals surface area contributed by atoms with E-state index in [0.717, 1.165) is 6.42 Å². The van der Waals surface area contributed by atoms with E-state index >= 15 is 0 Å². The molecule has 3 nitrogen and oxygen atoms in total. The van der Waals surface area contributed by atoms with E-state index in [4.69, 9.17) is 15.6 Å². The van der Waals surface area contributed by atoms with Gasteiger partial charge >= 0.3 is 0 Å². The molecule has 0 amide bonds. The van der Waals surface area contributed by atoms with E-state index in [2.05, 4.69) is 0 Å². The van der Waals surface area contributed by atoms with Crippen molar-refractivity contribution in [2.24, 2.45) is 11.7 Å². The highest BCUT2D eigenvalue weighted by Crippen LogP contribution is 2.24. The van der Waals surface area contributed by atoms with Crippen LogP contribution in [-0.2, 0) is 4.74 Å². The van der Waals surface area contributed by atoms with E-state index in [-0.39, 0.29) is 18.8 Å². The Balaban J connectivity index is 2.41. The SMILES string of the molecule is C[C@H]1CC(CN)[C@@H](CO)O1. The van der Waals surface area contributed by atoms with Crippen LogP contribution in [0.5, 0.6) is 0 Å². The summed E-state index contributed by atoms with van der Waals surface area (Å²) < 4.78 is 5.38. The molecule has 1 fully saturated rings. The summed E-state index contributed by atoms with van der Waals surface area (Å²) in [5, 5.41) is 8.80. The largest absolute Gasteiger partial charge is 0.394 e. The number of aliphatic hydroxyl groups is 1. The molecule has 0 aromatic carbocycles. The van der Waals surface area contributed by atoms with E-state index in [1.807, 2.05) is 6.92 Å². The van der Waals surface area contributed by atoms with E-state index in [0.29, 0.717) is 12.5 Å². The highest BCUT2D eigenvalue weighted by Gasteiger charge is 2.30. The fraction of sp³-hybridized carbons (Fsp3) is 1.00. The van der Waals surface area contributed by atoms with Crippen LogP contribution in [0.3, 0.4) is 0 Å². The van der Waals surface area contributed by atoms with E-state index in [1.165, 1.54) is 0 Å². The zero-order valence-electron chi connectivity index (χ0n) is 6.29. The zero-order chi connectivity index (χ0) is 7.56. The van der Waals surface area contributed by atoms with Crippen molar-refractivity contribution in [3.8, 4) is 0 Å². The van der Waals surface area contributed by atoms with Crippen LogP contribution in [0.25, 0.3) is 0 Å². The van der Waals surface area contributed by atoms with Crippen LogP contribution >= 0.6 is 0 Å². The summed E-state index contributed by atoms with van der Waals surface area (Å²) in [6, 6.07) is 0. The lowest BCUT2D eigenvalue weighted by Crippen LogP contribution is -2.26. The van der Waals surface area contributed by atoms with Gasteiger partial charge in [0, 0.05) is 5.92 Å². The van der Waals surface area contributed by atoms with E-state index < -0.39 is 0 Å². The van der Waals surface area contributed by atoms with Gasteiger partial charge in [-0.3, -0.25) is 0 Å². The molecule has 0 aromatic heterocycles. The highest BCUT2D eigenvalue weighted by atomic mass is 16.5. The average Bonchev–Trinajstić information content (AvgIpc) is 2.30. The van der Waals surface area contributed by atoms with Crippen molar-refractivity contribution in [2.75, 3.05) is 13.2 Å². The number of ether oxygens (including phenoxy) is 1. The summed E-state index contributed by atoms with van der Waals surface area (Å²) in [7, 11) is 0. The Labute approximate surface area is 61.2 Å². The second-order valence-corrected chi connectivity index (χ2v) is 2.90. The molecule has 1 aliphatic rings. The summed E-state index contributed by atoms with van der Waals surface area (Å²) in [4.78, 5) is 0. The fourth-order valence-electron chi connectivity index (χ4n) is 1.48. The molecule has 0 radical (unpaired) electrons. The molecule has 3 atom stereocenters. The number of aliphatic hydroxyl groups excluding tert-OH is 1. The minimum absolute atomic E-state index is 0.0139. The van der Waals surface area contributed by atoms with Gasteiger partial charge in [-0.2, -0.15) is 0 Å². The van der Waals surface area contributed by atoms with Crippen LogP contribution < -0.4 is 5.73 Å². The predicted molar refractivity (Wildman–Crippen MR) is 38.6 cm³/mol. The zero-order valence-corrected chi connectivity index (χ0v) is 6.29. The summed E-state index contributed by atoms with van der Waals surface area (Å²) in [6.45, 7) is 2.74. The molecule has 0 bridgehead atoms. The Kier molecular flexibility index (Phi) is 2.65. The average molecular weight is 145 g/mol. The minimum Gasteiger partial charge on any atom is -0.394 e. The van der Waals surface area contributed by atoms with Crippen molar-refractivity contribution in [1.82, 2.24) is 0 Å². The monoisotopic (exact) mass is 145 g/mol. The normalized spacial score (nSPS) is 40.5. The first kappa shape index (κ1) is 7.98. The molecule has 0 spiro atoms. The molecule has 3 heteroatoms. The van der Waals surface area contributed by atoms with Crippen molar-refractivity contribution >= 4 is 0 Å². The quantitative estimate of drug-likeness (QED) is 0.562. The van der Waals surface area contributed by atoms with Crippen LogP contribution in [0.2, 0.25) is 0 Å². The third-order valence-electron chi connectivity index (χ3n) is 2.05. The van der Waals surface area contributed by atoms with Gasteiger partial charge in [0.1, 0.15) is 0 Å². The summed E-state index contributed by atoms with van der Waals surface area (Å²) in [5.41, 5.74) is 5.47. The maximum Gasteiger partial charge on any atom is 0.0850 e. The van der Waals surface area contributed by atoms with Gasteiger partial charge in [0.15, 0.2) is 0 Å². The lowest BCUT2D eigenvalue weighted by molar-refractivity contribution is 0.00774. The van der Waals surface area contributed by atoms with Crippen molar-refractivity contribution in [3.05, 3.63) is 0 Å². The van der Waals surface area contributed by atoms with Crippen molar-refractivity contribution in [3.63, 3.8) is 0 Å². The topological polar surface area (TPSA) is 55.5 Å². The van der Waals surface area contributed by atoms with Crippen molar-refractivity contribution < 1.29 is 9.84 Å². The number of hydrogen-bond donors (Lipinski definition) is 2. The van der Waals surface area contributed by atoms with Gasteiger partial charge in [-0.1, -0.05) is 0 Å². The van der Waals surface area contributed by atoms with Crippen molar-refractivity contribution in [1.29, 1.82) is 0 Å². The molecule has 3 N–H and O–H groups in total. The lowest BCUT2D eigenvalue weighted by Gasteiger charge is -2.12. The van der Waals surface area contributed by atoms with Gasteiger partial charge in [-0.25, -0.2) is 0 Å². The molecule has 0 aliphatic carbocycles. The smallest absolute Gasteiger partial charge is 0.0850 e. The maximum absolute atomic E-state index is 8.80. The molecule has 1 saturated heterocycles. The number of hydrogen-bond acceptors (Lipinski definition) is 3.